The Morgan fingerprint density at radius 3 is 1.56 bits per heavy atom. The number of amides is 19. The number of nitrogens with zero attached hydrogens (tertiary/aromatic N) is 6. The van der Waals surface area contributed by atoms with Crippen molar-refractivity contribution in [3.8, 4) is 5.75 Å². The molecule has 0 spiro atoms. The third-order valence-corrected chi connectivity index (χ3v) is 26.2. The summed E-state index contributed by atoms with van der Waals surface area (Å²) in [6.45, 7) is 5.11. The number of imidazole rings is 1. The molecule has 3 aliphatic heterocycles. The Morgan fingerprint density at radius 1 is 0.503 bits per heavy atom. The van der Waals surface area contributed by atoms with Crippen molar-refractivity contribution in [1.29, 1.82) is 5.41 Å². The molecule has 3 saturated heterocycles. The SMILES string of the molecule is CCCC[C@H]1C(=O)N(C)[C@@H](CCCC)C(=O)N[C@@H](CCCNC(=N)N)C(=O)N[C@H](C(=O)NCC(=O)NCC(=O)NCC(N)=O)CSCC(=O)N[C@@H](Cc2ccc(O)cc2)C(=O)N(C)[C@@H](C)C(=O)N[C@@H](CC(N)=O)C(=O)N2CCC[C@H]2C(=O)N[C@@H](Cc2cnc[nH]2)C(=O)N[C@@H](CC(C)C)C(=O)N2CCC[C@H]2C(=O)N[C@@H](Cc2c[nH]c3ccccc23)C(=O)N[C@@H](CO)C(=O)N[C@@H](Cc2c[nH]c3ccccc23)C(=O)N1C. The van der Waals surface area contributed by atoms with Gasteiger partial charge in [0.25, 0.3) is 0 Å². The molecule has 0 unspecified atom stereocenters. The number of benzene rings is 3. The van der Waals surface area contributed by atoms with Crippen molar-refractivity contribution in [1.82, 2.24) is 114 Å². The van der Waals surface area contributed by atoms with E-state index in [4.69, 9.17) is 22.6 Å². The van der Waals surface area contributed by atoms with Crippen LogP contribution in [0, 0.1) is 11.3 Å². The maximum absolute atomic E-state index is 15.8. The van der Waals surface area contributed by atoms with E-state index < -0.39 is 247 Å². The third kappa shape index (κ3) is 32.4. The van der Waals surface area contributed by atoms with E-state index in [0.717, 1.165) is 19.6 Å². The number of thioether (sulfide) groups is 1. The number of carbonyl (C=O) groups is 19. The molecule has 3 aliphatic rings. The number of guanidine groups is 1. The van der Waals surface area contributed by atoms with Crippen LogP contribution in [0.1, 0.15) is 147 Å². The number of phenols is 1. The van der Waals surface area contributed by atoms with Crippen molar-refractivity contribution in [3.63, 3.8) is 0 Å². The van der Waals surface area contributed by atoms with Gasteiger partial charge in [-0.3, -0.25) is 96.5 Å². The molecule has 14 atom stereocenters. The van der Waals surface area contributed by atoms with Gasteiger partial charge in [0.1, 0.15) is 90.3 Å². The zero-order chi connectivity index (χ0) is 104. The van der Waals surface area contributed by atoms with Gasteiger partial charge in [0.2, 0.25) is 112 Å². The highest BCUT2D eigenvalue weighted by Crippen LogP contribution is 2.28. The molecule has 19 amide bonds. The molecule has 0 aliphatic carbocycles. The Kier molecular flexibility index (Phi) is 42.5. The van der Waals surface area contributed by atoms with Gasteiger partial charge >= 0.3 is 0 Å². The molecule has 776 valence electrons. The van der Waals surface area contributed by atoms with Crippen LogP contribution < -0.4 is 86.3 Å². The average Bonchev–Trinajstić information content (AvgIpc) is 1.76. The number of aromatic nitrogens is 4. The maximum atomic E-state index is 15.8. The van der Waals surface area contributed by atoms with Gasteiger partial charge in [-0.2, -0.15) is 0 Å². The molecule has 9 rings (SSSR count). The predicted octanol–water partition coefficient (Wildman–Crippen LogP) is -3.67. The molecule has 0 saturated carbocycles. The van der Waals surface area contributed by atoms with Crippen molar-refractivity contribution < 1.29 is 101 Å². The number of fused-ring (bicyclic) bond motifs is 4. The Morgan fingerprint density at radius 2 is 1.00 bits per heavy atom. The number of nitrogens with one attached hydrogen (secondary N) is 17. The molecule has 3 fully saturated rings. The first-order valence-electron chi connectivity index (χ1n) is 47.8. The molecule has 0 bridgehead atoms. The molecule has 47 nitrogen and oxygen atoms in total. The van der Waals surface area contributed by atoms with E-state index in [1.807, 2.05) is 13.8 Å². The Balaban J connectivity index is 1.10. The number of para-hydroxylation sites is 2. The summed E-state index contributed by atoms with van der Waals surface area (Å²) in [4.78, 5) is 296. The van der Waals surface area contributed by atoms with Gasteiger partial charge in [-0.25, -0.2) is 4.98 Å². The Labute approximate surface area is 830 Å². The lowest BCUT2D eigenvalue weighted by Crippen LogP contribution is -2.62. The van der Waals surface area contributed by atoms with E-state index in [0.29, 0.717) is 81.6 Å². The molecule has 143 heavy (non-hydrogen) atoms. The van der Waals surface area contributed by atoms with Gasteiger partial charge in [0.05, 0.1) is 44.7 Å². The summed E-state index contributed by atoms with van der Waals surface area (Å²) in [5.74, 6) is -19.7. The van der Waals surface area contributed by atoms with E-state index >= 15 is 43.2 Å². The predicted molar refractivity (Wildman–Crippen MR) is 524 cm³/mol. The highest BCUT2D eigenvalue weighted by Gasteiger charge is 2.46. The molecule has 3 aromatic heterocycles. The number of hydrogen-bond acceptors (Lipinski definition) is 24. The minimum absolute atomic E-state index is 0.00997. The van der Waals surface area contributed by atoms with Crippen molar-refractivity contribution in [2.45, 2.75) is 235 Å². The zero-order valence-corrected chi connectivity index (χ0v) is 82.3. The van der Waals surface area contributed by atoms with E-state index in [9.17, 15) is 58.2 Å². The van der Waals surface area contributed by atoms with Crippen molar-refractivity contribution in [3.05, 3.63) is 120 Å². The van der Waals surface area contributed by atoms with Crippen molar-refractivity contribution in [2.75, 3.05) is 78.5 Å². The molecule has 25 N–H and O–H groups in total. The smallest absolute Gasteiger partial charge is 0.246 e. The standard InChI is InChI=1S/C95H134N26O21S/c1-9-11-25-72-87(135)109-63(24-17-33-101-95(98)99)83(131)116-71(82(130)106-47-79(127)105-46-78(126)104-45-77(97)125)49-143-50-80(128)108-67(37-54-29-31-58(123)32-30-54)90(138)117(6)53(5)81(129)112-69(41-76(96)124)93(141)121-35-19-28-74(121)89(137)111-65(40-57-44-100-51-107-57)85(133)113-66(36-52(3)4)92(140)120-34-18-27-73(120)88(136)110-64(38-55-42-102-61-22-15-13-20-59(55)61)84(132)115-70(48-122)86(134)114-68(39-56-43-103-62-23-16-14-21-60(56)62)91(139)119(8)75(26-12-10-2)94(142)118(72)7/h13-16,20-23,29-32,42-44,51-53,63-75,102-103,122-123H,9-12,17-19,24-28,33-41,45-50H2,1-8H3,(H2,96,124)(H2,97,125)(H,100,107)(H,104,126)(H,105,127)(H,106,130)(H,108,128)(H,109,135)(H,110,136)(H,111,137)(H,112,129)(H,113,133)(H,114,134)(H,115,132)(H,116,131)(H4,98,99,101)/t53-,63-,64-,65-,66-,67-,68-,69-,70-,71-,72-,73-,74-,75-/m0/s1. The number of phenolic OH excluding ortho intramolecular Hbond substituents is 1. The lowest BCUT2D eigenvalue weighted by atomic mass is 10.00. The van der Waals surface area contributed by atoms with Crippen LogP contribution in [-0.2, 0) is 117 Å². The fourth-order valence-electron chi connectivity index (χ4n) is 17.3. The number of aliphatic hydroxyl groups excluding tert-OH is 1. The molecular weight excluding hydrogens is 1870 g/mol. The normalized spacial score (nSPS) is 23.4. The van der Waals surface area contributed by atoms with Crippen LogP contribution in [0.4, 0.5) is 0 Å². The van der Waals surface area contributed by atoms with Gasteiger partial charge < -0.3 is 136 Å². The molecule has 48 heteroatoms. The second-order valence-corrected chi connectivity index (χ2v) is 37.4. The number of aromatic amines is 3. The minimum atomic E-state index is -1.87. The van der Waals surface area contributed by atoms with Gasteiger partial charge in [-0.05, 0) is 112 Å². The number of H-pyrrole nitrogens is 3. The molecule has 6 heterocycles. The summed E-state index contributed by atoms with van der Waals surface area (Å²) in [6.07, 6.45) is 5.68. The topological polar surface area (TPSA) is 700 Å². The number of unbranched alkanes of at least 4 members (excludes halogenated alkanes) is 2. The average molecular weight is 2010 g/mol. The monoisotopic (exact) mass is 2010 g/mol. The Bertz CT molecular complexity index is 5520. The number of nitrogens with two attached hydrogens (primary N) is 3. The third-order valence-electron chi connectivity index (χ3n) is 25.2. The minimum Gasteiger partial charge on any atom is -0.508 e. The second-order valence-electron chi connectivity index (χ2n) is 36.3. The van der Waals surface area contributed by atoms with Crippen LogP contribution in [0.3, 0.4) is 0 Å². The fraction of sp³-hybridized carbons (Fsp3) is 0.526. The lowest BCUT2D eigenvalue weighted by molar-refractivity contribution is -0.149. The summed E-state index contributed by atoms with van der Waals surface area (Å²) < 4.78 is 0. The van der Waals surface area contributed by atoms with Gasteiger partial charge in [-0.15, -0.1) is 11.8 Å². The summed E-state index contributed by atoms with van der Waals surface area (Å²) in [7, 11) is 3.87. The van der Waals surface area contributed by atoms with Crippen molar-refractivity contribution in [2.24, 2.45) is 23.1 Å². The number of primary amides is 2. The largest absolute Gasteiger partial charge is 0.508 e. The van der Waals surface area contributed by atoms with E-state index in [1.54, 1.807) is 74.8 Å². The van der Waals surface area contributed by atoms with Crippen LogP contribution >= 0.6 is 11.8 Å². The number of carbonyl (C=O) groups excluding carboxylic acids is 19. The van der Waals surface area contributed by atoms with Crippen LogP contribution in [0.5, 0.6) is 5.75 Å². The maximum Gasteiger partial charge on any atom is 0.246 e. The van der Waals surface area contributed by atoms with Crippen LogP contribution in [-0.4, -0.2) is 336 Å². The van der Waals surface area contributed by atoms with Gasteiger partial charge in [0.15, 0.2) is 5.96 Å². The van der Waals surface area contributed by atoms with Crippen molar-refractivity contribution >= 4 is 152 Å². The van der Waals surface area contributed by atoms with E-state index in [-0.39, 0.29) is 115 Å². The number of likely N-dealkylation sites (N-methyl/N-ethyl adjacent to an activating group) is 3. The van der Waals surface area contributed by atoms with Crippen LogP contribution in [0.25, 0.3) is 21.8 Å². The van der Waals surface area contributed by atoms with Crippen LogP contribution in [0.15, 0.2) is 97.7 Å². The summed E-state index contributed by atoms with van der Waals surface area (Å²) >= 11 is 0.713. The van der Waals surface area contributed by atoms with E-state index in [1.165, 1.54) is 69.8 Å². The molecule has 3 aromatic carbocycles. The first-order valence-corrected chi connectivity index (χ1v) is 49.0. The summed E-state index contributed by atoms with van der Waals surface area (Å²) in [6, 6.07) is -2.05. The van der Waals surface area contributed by atoms with Gasteiger partial charge in [0, 0.05) is 118 Å². The molecule has 6 aromatic rings. The summed E-state index contributed by atoms with van der Waals surface area (Å²) in [5.41, 5.74) is 19.6. The first-order chi connectivity index (χ1) is 68.2. The second kappa shape index (κ2) is 54.3. The quantitative estimate of drug-likeness (QED) is 0.0117. The number of hydrogen-bond donors (Lipinski definition) is 22. The van der Waals surface area contributed by atoms with E-state index in [2.05, 4.69) is 89.1 Å². The summed E-state index contributed by atoms with van der Waals surface area (Å²) in [5, 5.41) is 64.5. The number of aromatic hydroxyl groups is 1. The van der Waals surface area contributed by atoms with Gasteiger partial charge in [-0.1, -0.05) is 102 Å². The number of aliphatic hydroxyl groups is 1. The molecular formula is C95H134N26O21S. The lowest BCUT2D eigenvalue weighted by Gasteiger charge is -2.36. The fourth-order valence-corrected chi connectivity index (χ4v) is 18.1. The number of rotatable bonds is 30. The highest BCUT2D eigenvalue weighted by molar-refractivity contribution is 8.00. The highest BCUT2D eigenvalue weighted by atomic mass is 32.2. The van der Waals surface area contributed by atoms with Crippen LogP contribution in [0.2, 0.25) is 0 Å². The molecule has 0 radical (unpaired) electrons. The Hall–Kier alpha value is -14.7. The first kappa shape index (κ1) is 112. The zero-order valence-electron chi connectivity index (χ0n) is 81.5.